The lowest BCUT2D eigenvalue weighted by Gasteiger charge is -2.19. The van der Waals surface area contributed by atoms with Gasteiger partial charge in [-0.1, -0.05) is 23.7 Å². The number of rotatable bonds is 5. The van der Waals surface area contributed by atoms with Crippen molar-refractivity contribution in [2.45, 2.75) is 18.9 Å². The van der Waals surface area contributed by atoms with Crippen LogP contribution in [0.4, 0.5) is 0 Å². The van der Waals surface area contributed by atoms with Gasteiger partial charge in [0.25, 0.3) is 5.91 Å². The van der Waals surface area contributed by atoms with E-state index < -0.39 is 0 Å². The second-order valence-electron chi connectivity index (χ2n) is 5.40. The fourth-order valence-electron chi connectivity index (χ4n) is 2.49. The van der Waals surface area contributed by atoms with Gasteiger partial charge in [0.2, 0.25) is 0 Å². The van der Waals surface area contributed by atoms with Crippen molar-refractivity contribution in [2.24, 2.45) is 5.92 Å². The molecule has 1 unspecified atom stereocenters. The summed E-state index contributed by atoms with van der Waals surface area (Å²) in [7, 11) is 1.64. The van der Waals surface area contributed by atoms with E-state index in [1.807, 2.05) is 24.3 Å². The SMILES string of the molecule is COc1ccc(C(NC(=O)c2cccnc2Cl)C2CC2)cc1. The predicted octanol–water partition coefficient (Wildman–Crippen LogP) is 3.62. The Morgan fingerprint density at radius 2 is 2.05 bits per heavy atom. The molecule has 1 atom stereocenters. The van der Waals surface area contributed by atoms with Crippen LogP contribution in [-0.2, 0) is 0 Å². The molecule has 1 fully saturated rings. The van der Waals surface area contributed by atoms with Gasteiger partial charge in [0.1, 0.15) is 10.9 Å². The smallest absolute Gasteiger partial charge is 0.254 e. The maximum absolute atomic E-state index is 12.4. The lowest BCUT2D eigenvalue weighted by atomic mass is 10.0. The van der Waals surface area contributed by atoms with Crippen molar-refractivity contribution < 1.29 is 9.53 Å². The molecule has 2 aromatic rings. The topological polar surface area (TPSA) is 51.2 Å². The van der Waals surface area contributed by atoms with Crippen molar-refractivity contribution in [1.29, 1.82) is 0 Å². The van der Waals surface area contributed by atoms with Crippen molar-refractivity contribution in [3.05, 3.63) is 58.9 Å². The Kier molecular flexibility index (Phi) is 4.29. The first-order valence-electron chi connectivity index (χ1n) is 7.24. The lowest BCUT2D eigenvalue weighted by Crippen LogP contribution is -2.30. The first-order chi connectivity index (χ1) is 10.7. The molecule has 3 rings (SSSR count). The van der Waals surface area contributed by atoms with Gasteiger partial charge in [-0.05, 0) is 48.6 Å². The van der Waals surface area contributed by atoms with E-state index in [2.05, 4.69) is 10.3 Å². The van der Waals surface area contributed by atoms with Gasteiger partial charge in [-0.2, -0.15) is 0 Å². The zero-order chi connectivity index (χ0) is 15.5. The van der Waals surface area contributed by atoms with Crippen LogP contribution in [0.1, 0.15) is 34.8 Å². The minimum atomic E-state index is -0.189. The first-order valence-corrected chi connectivity index (χ1v) is 7.62. The van der Waals surface area contributed by atoms with E-state index in [0.717, 1.165) is 24.2 Å². The Morgan fingerprint density at radius 3 is 2.64 bits per heavy atom. The van der Waals surface area contributed by atoms with Crippen molar-refractivity contribution in [2.75, 3.05) is 7.11 Å². The minimum absolute atomic E-state index is 0.00493. The molecular formula is C17H17ClN2O2. The van der Waals surface area contributed by atoms with Crippen molar-refractivity contribution in [1.82, 2.24) is 10.3 Å². The maximum atomic E-state index is 12.4. The largest absolute Gasteiger partial charge is 0.497 e. The van der Waals surface area contributed by atoms with Crippen LogP contribution < -0.4 is 10.1 Å². The number of methoxy groups -OCH3 is 1. The monoisotopic (exact) mass is 316 g/mol. The van der Waals surface area contributed by atoms with Crippen LogP contribution in [0, 0.1) is 5.92 Å². The number of nitrogens with zero attached hydrogens (tertiary/aromatic N) is 1. The van der Waals surface area contributed by atoms with Crippen LogP contribution in [0.5, 0.6) is 5.75 Å². The van der Waals surface area contributed by atoms with Crippen molar-refractivity contribution >= 4 is 17.5 Å². The Labute approximate surface area is 134 Å². The Hall–Kier alpha value is -2.07. The minimum Gasteiger partial charge on any atom is -0.497 e. The van der Waals surface area contributed by atoms with Gasteiger partial charge in [-0.15, -0.1) is 0 Å². The zero-order valence-corrected chi connectivity index (χ0v) is 13.0. The van der Waals surface area contributed by atoms with E-state index in [1.54, 1.807) is 25.4 Å². The van der Waals surface area contributed by atoms with Gasteiger partial charge in [-0.3, -0.25) is 4.79 Å². The lowest BCUT2D eigenvalue weighted by molar-refractivity contribution is 0.0931. The summed E-state index contributed by atoms with van der Waals surface area (Å²) in [6.45, 7) is 0. The quantitative estimate of drug-likeness (QED) is 0.857. The standard InChI is InChI=1S/C17H17ClN2O2/c1-22-13-8-6-12(7-9-13)15(11-4-5-11)20-17(21)14-3-2-10-19-16(14)18/h2-3,6-11,15H,4-5H2,1H3,(H,20,21). The molecule has 1 N–H and O–H groups in total. The van der Waals surface area contributed by atoms with Crippen LogP contribution in [-0.4, -0.2) is 18.0 Å². The van der Waals surface area contributed by atoms with Gasteiger partial charge in [0.05, 0.1) is 18.7 Å². The molecule has 1 aliphatic rings. The molecular weight excluding hydrogens is 300 g/mol. The second kappa shape index (κ2) is 6.36. The van der Waals surface area contributed by atoms with Crippen LogP contribution in [0.15, 0.2) is 42.6 Å². The summed E-state index contributed by atoms with van der Waals surface area (Å²) >= 11 is 5.99. The summed E-state index contributed by atoms with van der Waals surface area (Å²) in [6.07, 6.45) is 3.82. The summed E-state index contributed by atoms with van der Waals surface area (Å²) in [6, 6.07) is 11.2. The Bertz CT molecular complexity index is 669. The molecule has 4 nitrogen and oxygen atoms in total. The number of carbonyl (C=O) groups is 1. The highest BCUT2D eigenvalue weighted by atomic mass is 35.5. The molecule has 1 aromatic carbocycles. The Balaban J connectivity index is 1.80. The van der Waals surface area contributed by atoms with Crippen molar-refractivity contribution in [3.63, 3.8) is 0 Å². The number of aromatic nitrogens is 1. The maximum Gasteiger partial charge on any atom is 0.254 e. The van der Waals surface area contributed by atoms with Gasteiger partial charge >= 0.3 is 0 Å². The van der Waals surface area contributed by atoms with Crippen LogP contribution in [0.25, 0.3) is 0 Å². The summed E-state index contributed by atoms with van der Waals surface area (Å²) in [5, 5.41) is 3.31. The van der Waals surface area contributed by atoms with Crippen LogP contribution in [0.3, 0.4) is 0 Å². The molecule has 0 radical (unpaired) electrons. The highest BCUT2D eigenvalue weighted by molar-refractivity contribution is 6.32. The third kappa shape index (κ3) is 3.22. The highest BCUT2D eigenvalue weighted by Gasteiger charge is 2.33. The van der Waals surface area contributed by atoms with E-state index >= 15 is 0 Å². The number of pyridine rings is 1. The van der Waals surface area contributed by atoms with Crippen LogP contribution in [0.2, 0.25) is 5.15 Å². The molecule has 0 aliphatic heterocycles. The van der Waals surface area contributed by atoms with Crippen molar-refractivity contribution in [3.8, 4) is 5.75 Å². The van der Waals surface area contributed by atoms with Gasteiger partial charge in [-0.25, -0.2) is 4.98 Å². The van der Waals surface area contributed by atoms with E-state index in [0.29, 0.717) is 11.5 Å². The fourth-order valence-corrected chi connectivity index (χ4v) is 2.69. The van der Waals surface area contributed by atoms with Gasteiger partial charge in [0.15, 0.2) is 0 Å². The molecule has 5 heteroatoms. The van der Waals surface area contributed by atoms with Gasteiger partial charge < -0.3 is 10.1 Å². The zero-order valence-electron chi connectivity index (χ0n) is 12.3. The number of benzene rings is 1. The molecule has 0 spiro atoms. The predicted molar refractivity (Wildman–Crippen MR) is 85.2 cm³/mol. The van der Waals surface area contributed by atoms with E-state index in [4.69, 9.17) is 16.3 Å². The first kappa shape index (κ1) is 14.9. The van der Waals surface area contributed by atoms with Crippen LogP contribution >= 0.6 is 11.6 Å². The highest BCUT2D eigenvalue weighted by Crippen LogP contribution is 2.41. The number of carbonyl (C=O) groups excluding carboxylic acids is 1. The number of halogens is 1. The van der Waals surface area contributed by atoms with E-state index in [-0.39, 0.29) is 17.1 Å². The number of hydrogen-bond donors (Lipinski definition) is 1. The van der Waals surface area contributed by atoms with E-state index in [1.165, 1.54) is 0 Å². The molecule has 1 amide bonds. The number of hydrogen-bond acceptors (Lipinski definition) is 3. The molecule has 0 saturated heterocycles. The molecule has 114 valence electrons. The Morgan fingerprint density at radius 1 is 1.32 bits per heavy atom. The average molecular weight is 317 g/mol. The average Bonchev–Trinajstić information content (AvgIpc) is 3.38. The molecule has 0 bridgehead atoms. The third-order valence-electron chi connectivity index (χ3n) is 3.86. The summed E-state index contributed by atoms with van der Waals surface area (Å²) in [5.41, 5.74) is 1.49. The van der Waals surface area contributed by atoms with Gasteiger partial charge in [0, 0.05) is 6.20 Å². The summed E-state index contributed by atoms with van der Waals surface area (Å²) < 4.78 is 5.18. The fraction of sp³-hybridized carbons (Fsp3) is 0.294. The summed E-state index contributed by atoms with van der Waals surface area (Å²) in [5.74, 6) is 1.10. The number of nitrogens with one attached hydrogen (secondary N) is 1. The molecule has 1 aromatic heterocycles. The number of ether oxygens (including phenoxy) is 1. The summed E-state index contributed by atoms with van der Waals surface area (Å²) in [4.78, 5) is 16.4. The van der Waals surface area contributed by atoms with E-state index in [9.17, 15) is 4.79 Å². The number of amides is 1. The third-order valence-corrected chi connectivity index (χ3v) is 4.16. The normalized spacial score (nSPS) is 15.2. The molecule has 1 saturated carbocycles. The molecule has 22 heavy (non-hydrogen) atoms. The molecule has 1 aliphatic carbocycles. The molecule has 1 heterocycles. The second-order valence-corrected chi connectivity index (χ2v) is 5.76.